The maximum Gasteiger partial charge on any atom is 0.257 e. The Bertz CT molecular complexity index is 1120. The van der Waals surface area contributed by atoms with E-state index in [0.717, 1.165) is 17.1 Å². The number of piperazine rings is 1. The van der Waals surface area contributed by atoms with Crippen LogP contribution in [-0.4, -0.2) is 57.7 Å². The maximum atomic E-state index is 12.9. The number of rotatable bonds is 5. The second-order valence-electron chi connectivity index (χ2n) is 7.79. The van der Waals surface area contributed by atoms with Gasteiger partial charge in [0.1, 0.15) is 11.7 Å². The molecule has 3 aromatic rings. The number of anilines is 2. The third-order valence-electron chi connectivity index (χ3n) is 5.50. The zero-order valence-corrected chi connectivity index (χ0v) is 18.8. The summed E-state index contributed by atoms with van der Waals surface area (Å²) in [7, 11) is 0. The van der Waals surface area contributed by atoms with Crippen LogP contribution in [0.2, 0.25) is 5.15 Å². The van der Waals surface area contributed by atoms with E-state index in [-0.39, 0.29) is 18.4 Å². The molecule has 0 unspecified atom stereocenters. The molecule has 2 amide bonds. The number of nitrogens with zero attached hydrogens (tertiary/aromatic N) is 5. The SMILES string of the molecule is Cc1cc(C)n(CC(=O)N2CCN(c3ccccc3C(=O)Nc3ccc(Cl)nc3)CC2)n1. The minimum atomic E-state index is -0.215. The first-order valence-electron chi connectivity index (χ1n) is 10.5. The van der Waals surface area contributed by atoms with E-state index in [2.05, 4.69) is 20.3 Å². The summed E-state index contributed by atoms with van der Waals surface area (Å²) in [4.78, 5) is 33.6. The monoisotopic (exact) mass is 452 g/mol. The summed E-state index contributed by atoms with van der Waals surface area (Å²) >= 11 is 5.82. The highest BCUT2D eigenvalue weighted by Gasteiger charge is 2.24. The Kier molecular flexibility index (Phi) is 6.41. The topological polar surface area (TPSA) is 83.4 Å². The molecular weight excluding hydrogens is 428 g/mol. The minimum Gasteiger partial charge on any atom is -0.367 e. The number of aryl methyl sites for hydroxylation is 2. The number of amides is 2. The van der Waals surface area contributed by atoms with Gasteiger partial charge in [-0.15, -0.1) is 0 Å². The largest absolute Gasteiger partial charge is 0.367 e. The highest BCUT2D eigenvalue weighted by Crippen LogP contribution is 2.23. The van der Waals surface area contributed by atoms with Crippen molar-refractivity contribution < 1.29 is 9.59 Å². The standard InChI is InChI=1S/C23H25ClN6O2/c1-16-13-17(2)30(27-16)15-22(31)29-11-9-28(10-12-29)20-6-4-3-5-19(20)23(32)26-18-7-8-21(24)25-14-18/h3-8,13-14H,9-12,15H2,1-2H3,(H,26,32). The van der Waals surface area contributed by atoms with Gasteiger partial charge >= 0.3 is 0 Å². The van der Waals surface area contributed by atoms with Crippen molar-refractivity contribution in [3.63, 3.8) is 0 Å². The van der Waals surface area contributed by atoms with Crippen molar-refractivity contribution in [3.05, 3.63) is 70.8 Å². The highest BCUT2D eigenvalue weighted by atomic mass is 35.5. The van der Waals surface area contributed by atoms with E-state index in [1.807, 2.05) is 43.0 Å². The van der Waals surface area contributed by atoms with Crippen molar-refractivity contribution in [2.75, 3.05) is 36.4 Å². The van der Waals surface area contributed by atoms with Gasteiger partial charge in [-0.1, -0.05) is 23.7 Å². The molecule has 0 bridgehead atoms. The van der Waals surface area contributed by atoms with Gasteiger partial charge in [0.2, 0.25) is 5.91 Å². The van der Waals surface area contributed by atoms with Crippen LogP contribution in [0.1, 0.15) is 21.7 Å². The van der Waals surface area contributed by atoms with Crippen molar-refractivity contribution in [1.82, 2.24) is 19.7 Å². The second-order valence-corrected chi connectivity index (χ2v) is 8.18. The van der Waals surface area contributed by atoms with Crippen LogP contribution >= 0.6 is 11.6 Å². The number of nitrogens with one attached hydrogen (secondary N) is 1. The Morgan fingerprint density at radius 3 is 2.47 bits per heavy atom. The van der Waals surface area contributed by atoms with Gasteiger partial charge < -0.3 is 15.1 Å². The van der Waals surface area contributed by atoms with Gasteiger partial charge in [0.25, 0.3) is 5.91 Å². The molecule has 1 N–H and O–H groups in total. The molecule has 0 spiro atoms. The van der Waals surface area contributed by atoms with Crippen LogP contribution in [0.5, 0.6) is 0 Å². The Morgan fingerprint density at radius 2 is 1.81 bits per heavy atom. The van der Waals surface area contributed by atoms with E-state index in [1.165, 1.54) is 6.20 Å². The van der Waals surface area contributed by atoms with Crippen LogP contribution in [0.4, 0.5) is 11.4 Å². The minimum absolute atomic E-state index is 0.0529. The lowest BCUT2D eigenvalue weighted by atomic mass is 10.1. The lowest BCUT2D eigenvalue weighted by Gasteiger charge is -2.37. The fourth-order valence-corrected chi connectivity index (χ4v) is 3.96. The Morgan fingerprint density at radius 1 is 1.06 bits per heavy atom. The summed E-state index contributed by atoms with van der Waals surface area (Å²) in [5, 5.41) is 7.61. The molecule has 0 atom stereocenters. The lowest BCUT2D eigenvalue weighted by molar-refractivity contribution is -0.132. The van der Waals surface area contributed by atoms with E-state index in [9.17, 15) is 9.59 Å². The molecule has 2 aromatic heterocycles. The third kappa shape index (κ3) is 4.91. The van der Waals surface area contributed by atoms with E-state index in [0.29, 0.717) is 42.6 Å². The predicted octanol–water partition coefficient (Wildman–Crippen LogP) is 3.15. The van der Waals surface area contributed by atoms with Crippen LogP contribution in [0.25, 0.3) is 0 Å². The average Bonchev–Trinajstić information content (AvgIpc) is 3.11. The Balaban J connectivity index is 1.40. The lowest BCUT2D eigenvalue weighted by Crippen LogP contribution is -2.50. The zero-order valence-electron chi connectivity index (χ0n) is 18.1. The zero-order chi connectivity index (χ0) is 22.7. The normalized spacial score (nSPS) is 13.8. The summed E-state index contributed by atoms with van der Waals surface area (Å²) in [5.74, 6) is -0.162. The fourth-order valence-electron chi connectivity index (χ4n) is 3.85. The number of halogens is 1. The van der Waals surface area contributed by atoms with Crippen molar-refractivity contribution in [3.8, 4) is 0 Å². The molecule has 8 nitrogen and oxygen atoms in total. The second kappa shape index (κ2) is 9.40. The fraction of sp³-hybridized carbons (Fsp3) is 0.304. The molecule has 1 aliphatic heterocycles. The average molecular weight is 453 g/mol. The van der Waals surface area contributed by atoms with Crippen molar-refractivity contribution in [1.29, 1.82) is 0 Å². The Hall–Kier alpha value is -3.39. The van der Waals surface area contributed by atoms with Crippen LogP contribution < -0.4 is 10.2 Å². The molecule has 3 heterocycles. The number of hydrogen-bond donors (Lipinski definition) is 1. The van der Waals surface area contributed by atoms with Crippen molar-refractivity contribution >= 4 is 34.8 Å². The number of carbonyl (C=O) groups excluding carboxylic acids is 2. The molecule has 1 saturated heterocycles. The number of carbonyl (C=O) groups is 2. The van der Waals surface area contributed by atoms with Gasteiger partial charge in [0.05, 0.1) is 23.1 Å². The smallest absolute Gasteiger partial charge is 0.257 e. The first-order valence-corrected chi connectivity index (χ1v) is 10.8. The highest BCUT2D eigenvalue weighted by molar-refractivity contribution is 6.29. The number of aromatic nitrogens is 3. The molecule has 1 aliphatic rings. The van der Waals surface area contributed by atoms with E-state index < -0.39 is 0 Å². The number of benzene rings is 1. The van der Waals surface area contributed by atoms with Gasteiger partial charge in [0, 0.05) is 37.6 Å². The van der Waals surface area contributed by atoms with Crippen LogP contribution in [-0.2, 0) is 11.3 Å². The molecule has 32 heavy (non-hydrogen) atoms. The summed E-state index contributed by atoms with van der Waals surface area (Å²) in [6.45, 7) is 6.60. The third-order valence-corrected chi connectivity index (χ3v) is 5.72. The van der Waals surface area contributed by atoms with Gasteiger partial charge in [-0.2, -0.15) is 5.10 Å². The first kappa shape index (κ1) is 21.8. The summed E-state index contributed by atoms with van der Waals surface area (Å²) in [6.07, 6.45) is 1.52. The van der Waals surface area contributed by atoms with Crippen molar-refractivity contribution in [2.24, 2.45) is 0 Å². The predicted molar refractivity (Wildman–Crippen MR) is 124 cm³/mol. The summed E-state index contributed by atoms with van der Waals surface area (Å²) in [6, 6.07) is 12.8. The number of hydrogen-bond acceptors (Lipinski definition) is 5. The van der Waals surface area contributed by atoms with Gasteiger partial charge in [-0.25, -0.2) is 4.98 Å². The first-order chi connectivity index (χ1) is 15.4. The van der Waals surface area contributed by atoms with Crippen LogP contribution in [0, 0.1) is 13.8 Å². The molecule has 1 fully saturated rings. The van der Waals surface area contributed by atoms with Crippen LogP contribution in [0.15, 0.2) is 48.7 Å². The summed E-state index contributed by atoms with van der Waals surface area (Å²) in [5.41, 5.74) is 3.88. The molecule has 0 saturated carbocycles. The molecule has 1 aromatic carbocycles. The molecular formula is C23H25ClN6O2. The molecule has 166 valence electrons. The Labute approximate surface area is 191 Å². The van der Waals surface area contributed by atoms with Gasteiger partial charge in [-0.05, 0) is 44.2 Å². The van der Waals surface area contributed by atoms with Crippen molar-refractivity contribution in [2.45, 2.75) is 20.4 Å². The number of para-hydroxylation sites is 1. The van der Waals surface area contributed by atoms with E-state index >= 15 is 0 Å². The van der Waals surface area contributed by atoms with Crippen LogP contribution in [0.3, 0.4) is 0 Å². The van der Waals surface area contributed by atoms with Gasteiger partial charge in [0.15, 0.2) is 0 Å². The van der Waals surface area contributed by atoms with Gasteiger partial charge in [-0.3, -0.25) is 14.3 Å². The molecule has 4 rings (SSSR count). The van der Waals surface area contributed by atoms with E-state index in [1.54, 1.807) is 22.9 Å². The molecule has 0 aliphatic carbocycles. The maximum absolute atomic E-state index is 12.9. The molecule has 9 heteroatoms. The molecule has 0 radical (unpaired) electrons. The number of pyridine rings is 1. The van der Waals surface area contributed by atoms with E-state index in [4.69, 9.17) is 11.6 Å². The summed E-state index contributed by atoms with van der Waals surface area (Å²) < 4.78 is 1.75. The quantitative estimate of drug-likeness (QED) is 0.601.